The lowest BCUT2D eigenvalue weighted by molar-refractivity contribution is 0.0532. The Balaban J connectivity index is 1.57. The average molecular weight is 324 g/mol. The van der Waals surface area contributed by atoms with Crippen LogP contribution in [0.2, 0.25) is 0 Å². The van der Waals surface area contributed by atoms with Crippen LogP contribution in [0.15, 0.2) is 41.3 Å². The zero-order chi connectivity index (χ0) is 16.5. The minimum Gasteiger partial charge on any atom is -0.354 e. The molecule has 2 heterocycles. The van der Waals surface area contributed by atoms with Crippen molar-refractivity contribution in [2.24, 2.45) is 0 Å². The number of hydrogen-bond acceptors (Lipinski definition) is 4. The van der Waals surface area contributed by atoms with E-state index >= 15 is 0 Å². The predicted octanol–water partition coefficient (Wildman–Crippen LogP) is 2.80. The van der Waals surface area contributed by atoms with Gasteiger partial charge in [0.15, 0.2) is 0 Å². The topological polar surface area (TPSA) is 61.9 Å². The van der Waals surface area contributed by atoms with Gasteiger partial charge in [-0.15, -0.1) is 0 Å². The van der Waals surface area contributed by atoms with Crippen molar-refractivity contribution in [2.45, 2.75) is 45.6 Å². The molecule has 124 valence electrons. The van der Waals surface area contributed by atoms with Gasteiger partial charge in [-0.05, 0) is 31.7 Å². The number of aromatic nitrogens is 4. The first-order valence-corrected chi connectivity index (χ1v) is 8.30. The Kier molecular flexibility index (Phi) is 3.90. The van der Waals surface area contributed by atoms with Crippen molar-refractivity contribution in [3.63, 3.8) is 0 Å². The number of hydrogen-bond donors (Lipinski definition) is 0. The summed E-state index contributed by atoms with van der Waals surface area (Å²) >= 11 is 0. The van der Waals surface area contributed by atoms with Crippen molar-refractivity contribution in [3.05, 3.63) is 58.1 Å². The van der Waals surface area contributed by atoms with E-state index in [1.807, 2.05) is 41.9 Å². The summed E-state index contributed by atoms with van der Waals surface area (Å²) in [7, 11) is 0. The zero-order valence-corrected chi connectivity index (χ0v) is 13.7. The predicted molar refractivity (Wildman–Crippen MR) is 90.6 cm³/mol. The third kappa shape index (κ3) is 2.63. The molecule has 1 fully saturated rings. The van der Waals surface area contributed by atoms with Gasteiger partial charge in [0.05, 0.1) is 35.4 Å². The number of aryl methyl sites for hydroxylation is 1. The second kappa shape index (κ2) is 6.20. The van der Waals surface area contributed by atoms with Crippen LogP contribution in [0.3, 0.4) is 0 Å². The van der Waals surface area contributed by atoms with Gasteiger partial charge in [0.1, 0.15) is 6.73 Å². The Bertz CT molecular complexity index is 910. The summed E-state index contributed by atoms with van der Waals surface area (Å²) in [5, 5.41) is 9.49. The molecule has 6 heteroatoms. The smallest absolute Gasteiger partial charge is 0.280 e. The molecule has 1 aliphatic carbocycles. The summed E-state index contributed by atoms with van der Waals surface area (Å²) in [5.74, 6) is 0. The third-order valence-electron chi connectivity index (χ3n) is 4.64. The van der Waals surface area contributed by atoms with Crippen LogP contribution in [-0.2, 0) is 18.1 Å². The Labute approximate surface area is 139 Å². The second-order valence-corrected chi connectivity index (χ2v) is 6.29. The highest BCUT2D eigenvalue weighted by Gasteiger charge is 2.24. The molecule has 0 bridgehead atoms. The molecule has 1 saturated carbocycles. The Hall–Kier alpha value is -2.47. The molecule has 0 amide bonds. The lowest BCUT2D eigenvalue weighted by atomic mass is 9.93. The van der Waals surface area contributed by atoms with Gasteiger partial charge in [0.2, 0.25) is 0 Å². The fourth-order valence-corrected chi connectivity index (χ4v) is 3.09. The van der Waals surface area contributed by atoms with E-state index in [0.29, 0.717) is 18.0 Å². The van der Waals surface area contributed by atoms with Gasteiger partial charge in [0.25, 0.3) is 5.56 Å². The maximum absolute atomic E-state index is 12.7. The monoisotopic (exact) mass is 324 g/mol. The zero-order valence-electron chi connectivity index (χ0n) is 13.7. The minimum absolute atomic E-state index is 0.136. The van der Waals surface area contributed by atoms with Crippen molar-refractivity contribution in [1.82, 2.24) is 19.6 Å². The second-order valence-electron chi connectivity index (χ2n) is 6.29. The molecule has 1 aromatic carbocycles. The maximum atomic E-state index is 12.7. The van der Waals surface area contributed by atoms with Crippen molar-refractivity contribution in [3.8, 4) is 0 Å². The molecule has 0 aliphatic heterocycles. The normalized spacial score (nSPS) is 14.9. The highest BCUT2D eigenvalue weighted by molar-refractivity contribution is 5.80. The van der Waals surface area contributed by atoms with Crippen LogP contribution in [0, 0.1) is 6.92 Å². The first kappa shape index (κ1) is 15.1. The standard InChI is InChI=1S/C18H20N4O2/c1-13-17-16(22(20-13)15-8-5-9-15)10-19-21(18(17)23)12-24-11-14-6-3-2-4-7-14/h2-4,6-7,10,15H,5,8-9,11-12H2,1H3. The fourth-order valence-electron chi connectivity index (χ4n) is 3.09. The molecule has 0 saturated heterocycles. The summed E-state index contributed by atoms with van der Waals surface area (Å²) in [6.07, 6.45) is 5.21. The Morgan fingerprint density at radius 2 is 2.04 bits per heavy atom. The van der Waals surface area contributed by atoms with Crippen LogP contribution >= 0.6 is 0 Å². The highest BCUT2D eigenvalue weighted by atomic mass is 16.5. The molecule has 0 radical (unpaired) electrons. The largest absolute Gasteiger partial charge is 0.354 e. The molecule has 0 N–H and O–H groups in total. The number of fused-ring (bicyclic) bond motifs is 1. The maximum Gasteiger partial charge on any atom is 0.280 e. The van der Waals surface area contributed by atoms with Crippen LogP contribution in [0.4, 0.5) is 0 Å². The molecule has 0 unspecified atom stereocenters. The minimum atomic E-state index is -0.136. The molecule has 0 spiro atoms. The summed E-state index contributed by atoms with van der Waals surface area (Å²) in [6, 6.07) is 10.3. The van der Waals surface area contributed by atoms with E-state index in [9.17, 15) is 4.79 Å². The lowest BCUT2D eigenvalue weighted by Crippen LogP contribution is -2.25. The van der Waals surface area contributed by atoms with Gasteiger partial charge < -0.3 is 4.74 Å². The molecule has 4 rings (SSSR count). The van der Waals surface area contributed by atoms with Gasteiger partial charge in [-0.2, -0.15) is 10.2 Å². The number of ether oxygens (including phenoxy) is 1. The van der Waals surface area contributed by atoms with E-state index in [-0.39, 0.29) is 12.3 Å². The summed E-state index contributed by atoms with van der Waals surface area (Å²) < 4.78 is 8.97. The number of nitrogens with zero attached hydrogens (tertiary/aromatic N) is 4. The summed E-state index contributed by atoms with van der Waals surface area (Å²) in [5.41, 5.74) is 2.53. The van der Waals surface area contributed by atoms with Crippen molar-refractivity contribution in [2.75, 3.05) is 0 Å². The lowest BCUT2D eigenvalue weighted by Gasteiger charge is -2.26. The number of benzene rings is 1. The van der Waals surface area contributed by atoms with E-state index in [1.165, 1.54) is 11.1 Å². The van der Waals surface area contributed by atoms with E-state index in [2.05, 4.69) is 10.2 Å². The summed E-state index contributed by atoms with van der Waals surface area (Å²) in [4.78, 5) is 12.7. The molecule has 3 aromatic rings. The summed E-state index contributed by atoms with van der Waals surface area (Å²) in [6.45, 7) is 2.47. The van der Waals surface area contributed by atoms with E-state index in [0.717, 1.165) is 29.6 Å². The van der Waals surface area contributed by atoms with Crippen LogP contribution in [-0.4, -0.2) is 19.6 Å². The van der Waals surface area contributed by atoms with E-state index in [4.69, 9.17) is 4.74 Å². The van der Waals surface area contributed by atoms with E-state index < -0.39 is 0 Å². The molecule has 2 aromatic heterocycles. The van der Waals surface area contributed by atoms with Gasteiger partial charge in [-0.1, -0.05) is 30.3 Å². The molecule has 24 heavy (non-hydrogen) atoms. The van der Waals surface area contributed by atoms with Gasteiger partial charge >= 0.3 is 0 Å². The van der Waals surface area contributed by atoms with Gasteiger partial charge in [-0.3, -0.25) is 9.48 Å². The SMILES string of the molecule is Cc1nn(C2CCC2)c2cnn(COCc3ccccc3)c(=O)c12. The quantitative estimate of drug-likeness (QED) is 0.724. The van der Waals surface area contributed by atoms with Crippen LogP contribution in [0.5, 0.6) is 0 Å². The highest BCUT2D eigenvalue weighted by Crippen LogP contribution is 2.33. The first-order valence-electron chi connectivity index (χ1n) is 8.30. The van der Waals surface area contributed by atoms with Crippen LogP contribution in [0.1, 0.15) is 36.6 Å². The molecular formula is C18H20N4O2. The third-order valence-corrected chi connectivity index (χ3v) is 4.64. The fraction of sp³-hybridized carbons (Fsp3) is 0.389. The van der Waals surface area contributed by atoms with Crippen LogP contribution < -0.4 is 5.56 Å². The van der Waals surface area contributed by atoms with Gasteiger partial charge in [-0.25, -0.2) is 4.68 Å². The molecule has 1 aliphatic rings. The van der Waals surface area contributed by atoms with Crippen molar-refractivity contribution in [1.29, 1.82) is 0 Å². The average Bonchev–Trinajstić information content (AvgIpc) is 2.86. The molecular weight excluding hydrogens is 304 g/mol. The van der Waals surface area contributed by atoms with Crippen LogP contribution in [0.25, 0.3) is 10.9 Å². The van der Waals surface area contributed by atoms with Gasteiger partial charge in [0, 0.05) is 0 Å². The van der Waals surface area contributed by atoms with E-state index in [1.54, 1.807) is 6.20 Å². The first-order chi connectivity index (χ1) is 11.7. The van der Waals surface area contributed by atoms with Crippen molar-refractivity contribution >= 4 is 10.9 Å². The molecule has 0 atom stereocenters. The molecule has 6 nitrogen and oxygen atoms in total. The Morgan fingerprint density at radius 1 is 1.25 bits per heavy atom. The number of rotatable bonds is 5. The Morgan fingerprint density at radius 3 is 2.75 bits per heavy atom. The van der Waals surface area contributed by atoms with Crippen molar-refractivity contribution < 1.29 is 4.74 Å².